The Morgan fingerprint density at radius 1 is 1.09 bits per heavy atom. The molecule has 9 nitrogen and oxygen atoms in total. The Kier molecular flexibility index (Phi) is 6.26. The number of benzene rings is 2. The van der Waals surface area contributed by atoms with E-state index in [-0.39, 0.29) is 30.8 Å². The van der Waals surface area contributed by atoms with Crippen LogP contribution in [0.1, 0.15) is 12.7 Å². The van der Waals surface area contributed by atoms with Crippen molar-refractivity contribution in [3.05, 3.63) is 54.1 Å². The quantitative estimate of drug-likeness (QED) is 0.525. The maximum absolute atomic E-state index is 13.0. The van der Waals surface area contributed by atoms with Crippen LogP contribution in [0.15, 0.2) is 47.6 Å². The predicted octanol–water partition coefficient (Wildman–Crippen LogP) is 2.98. The minimum absolute atomic E-state index is 0.0147. The molecule has 1 aliphatic rings. The number of hydrogen-bond acceptors (Lipinski definition) is 7. The molecule has 0 bridgehead atoms. The van der Waals surface area contributed by atoms with Crippen molar-refractivity contribution in [3.8, 4) is 11.5 Å². The number of carbonyl (C=O) groups excluding carboxylic acids is 2. The van der Waals surface area contributed by atoms with Gasteiger partial charge in [-0.1, -0.05) is 11.8 Å². The standard InChI is InChI=1S/C21H20FN5O4S/c1-12(20(29)24-15-7-8-16-17(9-15)31-11-30-16)32-21-26-25-18(27(21)2)10-19(28)23-14-5-3-13(22)4-6-14/h3-9,12H,10-11H2,1-2H3,(H,23,28)(H,24,29). The van der Waals surface area contributed by atoms with Crippen molar-refractivity contribution < 1.29 is 23.5 Å². The predicted molar refractivity (Wildman–Crippen MR) is 116 cm³/mol. The molecule has 0 aliphatic carbocycles. The van der Waals surface area contributed by atoms with E-state index in [0.29, 0.717) is 33.9 Å². The molecular formula is C21H20FN5O4S. The summed E-state index contributed by atoms with van der Waals surface area (Å²) in [6.07, 6.45) is -0.0147. The summed E-state index contributed by atoms with van der Waals surface area (Å²) in [6, 6.07) is 10.7. The first-order valence-corrected chi connectivity index (χ1v) is 10.6. The molecule has 2 amide bonds. The van der Waals surface area contributed by atoms with Crippen LogP contribution in [0, 0.1) is 5.82 Å². The summed E-state index contributed by atoms with van der Waals surface area (Å²) in [7, 11) is 1.73. The SMILES string of the molecule is CC(Sc1nnc(CC(=O)Nc2ccc(F)cc2)n1C)C(=O)Nc1ccc2c(c1)OCO2. The van der Waals surface area contributed by atoms with E-state index < -0.39 is 5.25 Å². The smallest absolute Gasteiger partial charge is 0.237 e. The van der Waals surface area contributed by atoms with Gasteiger partial charge < -0.3 is 24.7 Å². The number of hydrogen-bond donors (Lipinski definition) is 2. The monoisotopic (exact) mass is 457 g/mol. The molecule has 32 heavy (non-hydrogen) atoms. The maximum Gasteiger partial charge on any atom is 0.237 e. The molecule has 1 aliphatic heterocycles. The van der Waals surface area contributed by atoms with E-state index >= 15 is 0 Å². The van der Waals surface area contributed by atoms with Gasteiger partial charge in [-0.3, -0.25) is 9.59 Å². The molecule has 0 radical (unpaired) electrons. The Bertz CT molecular complexity index is 1150. The first-order valence-electron chi connectivity index (χ1n) is 9.70. The summed E-state index contributed by atoms with van der Waals surface area (Å²) in [5.74, 6) is 0.760. The molecule has 166 valence electrons. The average Bonchev–Trinajstić information content (AvgIpc) is 3.37. The molecule has 2 aromatic carbocycles. The number of fused-ring (bicyclic) bond motifs is 1. The van der Waals surface area contributed by atoms with Crippen LogP contribution in [-0.2, 0) is 23.1 Å². The molecule has 1 unspecified atom stereocenters. The van der Waals surface area contributed by atoms with Gasteiger partial charge in [-0.15, -0.1) is 10.2 Å². The van der Waals surface area contributed by atoms with Crippen molar-refractivity contribution >= 4 is 35.0 Å². The Hall–Kier alpha value is -3.60. The fraction of sp³-hybridized carbons (Fsp3) is 0.238. The number of ether oxygens (including phenoxy) is 2. The number of thioether (sulfide) groups is 1. The van der Waals surface area contributed by atoms with Gasteiger partial charge in [0.05, 0.1) is 11.7 Å². The van der Waals surface area contributed by atoms with E-state index in [4.69, 9.17) is 9.47 Å². The molecule has 2 N–H and O–H groups in total. The minimum Gasteiger partial charge on any atom is -0.454 e. The number of nitrogens with one attached hydrogen (secondary N) is 2. The second-order valence-corrected chi connectivity index (χ2v) is 8.31. The number of nitrogens with zero attached hydrogens (tertiary/aromatic N) is 3. The first kappa shape index (κ1) is 21.6. The van der Waals surface area contributed by atoms with Crippen LogP contribution < -0.4 is 20.1 Å². The van der Waals surface area contributed by atoms with E-state index in [1.807, 2.05) is 0 Å². The highest BCUT2D eigenvalue weighted by Gasteiger charge is 2.21. The maximum atomic E-state index is 13.0. The lowest BCUT2D eigenvalue weighted by molar-refractivity contribution is -0.116. The molecule has 2 heterocycles. The Morgan fingerprint density at radius 3 is 2.59 bits per heavy atom. The van der Waals surface area contributed by atoms with Crippen molar-refractivity contribution in [2.75, 3.05) is 17.4 Å². The van der Waals surface area contributed by atoms with Crippen molar-refractivity contribution in [1.82, 2.24) is 14.8 Å². The van der Waals surface area contributed by atoms with Crippen LogP contribution in [-0.4, -0.2) is 38.6 Å². The number of aromatic nitrogens is 3. The molecule has 11 heteroatoms. The fourth-order valence-electron chi connectivity index (χ4n) is 2.91. The highest BCUT2D eigenvalue weighted by molar-refractivity contribution is 8.00. The lowest BCUT2D eigenvalue weighted by Crippen LogP contribution is -2.23. The zero-order chi connectivity index (χ0) is 22.7. The number of amides is 2. The number of carbonyl (C=O) groups is 2. The van der Waals surface area contributed by atoms with E-state index in [2.05, 4.69) is 20.8 Å². The second-order valence-electron chi connectivity index (χ2n) is 7.01. The zero-order valence-electron chi connectivity index (χ0n) is 17.3. The van der Waals surface area contributed by atoms with Gasteiger partial charge in [0.2, 0.25) is 18.6 Å². The Morgan fingerprint density at radius 2 is 1.81 bits per heavy atom. The van der Waals surface area contributed by atoms with Crippen LogP contribution in [0.25, 0.3) is 0 Å². The largest absolute Gasteiger partial charge is 0.454 e. The van der Waals surface area contributed by atoms with Crippen molar-refractivity contribution in [2.45, 2.75) is 23.8 Å². The third kappa shape index (κ3) is 4.99. The summed E-state index contributed by atoms with van der Waals surface area (Å²) in [6.45, 7) is 1.91. The highest BCUT2D eigenvalue weighted by atomic mass is 32.2. The molecule has 1 atom stereocenters. The molecular weight excluding hydrogens is 437 g/mol. The third-order valence-electron chi connectivity index (χ3n) is 4.66. The van der Waals surface area contributed by atoms with Crippen LogP contribution in [0.2, 0.25) is 0 Å². The van der Waals surface area contributed by atoms with Gasteiger partial charge in [0, 0.05) is 24.5 Å². The van der Waals surface area contributed by atoms with Crippen LogP contribution in [0.5, 0.6) is 11.5 Å². The van der Waals surface area contributed by atoms with Gasteiger partial charge in [0.15, 0.2) is 16.7 Å². The Labute approximate surface area is 187 Å². The molecule has 3 aromatic rings. The van der Waals surface area contributed by atoms with Gasteiger partial charge in [-0.25, -0.2) is 4.39 Å². The molecule has 0 fully saturated rings. The zero-order valence-corrected chi connectivity index (χ0v) is 18.1. The van der Waals surface area contributed by atoms with Gasteiger partial charge in [-0.05, 0) is 43.3 Å². The highest BCUT2D eigenvalue weighted by Crippen LogP contribution is 2.34. The molecule has 0 saturated heterocycles. The van der Waals surface area contributed by atoms with Crippen LogP contribution in [0.3, 0.4) is 0 Å². The normalized spacial score (nSPS) is 13.0. The van der Waals surface area contributed by atoms with Crippen molar-refractivity contribution in [3.63, 3.8) is 0 Å². The van der Waals surface area contributed by atoms with Gasteiger partial charge in [-0.2, -0.15) is 0 Å². The molecule has 0 spiro atoms. The molecule has 0 saturated carbocycles. The van der Waals surface area contributed by atoms with E-state index in [1.165, 1.54) is 36.0 Å². The molecule has 4 rings (SSSR count). The minimum atomic E-state index is -0.468. The summed E-state index contributed by atoms with van der Waals surface area (Å²) in [5, 5.41) is 13.7. The lowest BCUT2D eigenvalue weighted by atomic mass is 10.2. The first-order chi connectivity index (χ1) is 15.4. The number of halogens is 1. The van der Waals surface area contributed by atoms with E-state index in [9.17, 15) is 14.0 Å². The van der Waals surface area contributed by atoms with E-state index in [1.54, 1.807) is 36.7 Å². The topological polar surface area (TPSA) is 107 Å². The van der Waals surface area contributed by atoms with Crippen LogP contribution >= 0.6 is 11.8 Å². The summed E-state index contributed by atoms with van der Waals surface area (Å²) >= 11 is 1.22. The number of anilines is 2. The van der Waals surface area contributed by atoms with Crippen molar-refractivity contribution in [2.24, 2.45) is 7.05 Å². The summed E-state index contributed by atoms with van der Waals surface area (Å²) in [5.41, 5.74) is 1.09. The Balaban J connectivity index is 1.33. The third-order valence-corrected chi connectivity index (χ3v) is 5.80. The van der Waals surface area contributed by atoms with Gasteiger partial charge in [0.25, 0.3) is 0 Å². The molecule has 1 aromatic heterocycles. The fourth-order valence-corrected chi connectivity index (χ4v) is 3.75. The van der Waals surface area contributed by atoms with Gasteiger partial charge in [0.1, 0.15) is 11.6 Å². The summed E-state index contributed by atoms with van der Waals surface area (Å²) in [4.78, 5) is 24.9. The van der Waals surface area contributed by atoms with Crippen LogP contribution in [0.4, 0.5) is 15.8 Å². The van der Waals surface area contributed by atoms with Crippen molar-refractivity contribution in [1.29, 1.82) is 0 Å². The summed E-state index contributed by atoms with van der Waals surface area (Å²) < 4.78 is 25.2. The second kappa shape index (κ2) is 9.27. The van der Waals surface area contributed by atoms with E-state index in [0.717, 1.165) is 0 Å². The van der Waals surface area contributed by atoms with Gasteiger partial charge >= 0.3 is 0 Å². The lowest BCUT2D eigenvalue weighted by Gasteiger charge is -2.12. The number of rotatable bonds is 7. The average molecular weight is 457 g/mol.